The number of likely N-dealkylation sites (tertiary alicyclic amines) is 1. The number of aldehydes is 1. The zero-order chi connectivity index (χ0) is 46.2. The maximum absolute atomic E-state index is 14.6. The maximum Gasteiger partial charge on any atom is 0.251 e. The minimum atomic E-state index is -1.45. The van der Waals surface area contributed by atoms with Crippen LogP contribution in [0.1, 0.15) is 67.1 Å². The van der Waals surface area contributed by atoms with Crippen molar-refractivity contribution in [2.75, 3.05) is 20.1 Å². The Labute approximate surface area is 375 Å². The highest BCUT2D eigenvalue weighted by Crippen LogP contribution is 2.39. The fourth-order valence-electron chi connectivity index (χ4n) is 7.78. The Balaban J connectivity index is 1.30. The summed E-state index contributed by atoms with van der Waals surface area (Å²) in [6, 6.07) is 15.9. The number of likely N-dealkylation sites (N-methyl/N-ethyl adjacent to an activating group) is 1. The van der Waals surface area contributed by atoms with Gasteiger partial charge in [0, 0.05) is 41.7 Å². The van der Waals surface area contributed by atoms with Gasteiger partial charge in [-0.05, 0) is 117 Å². The molecule has 6 unspecified atom stereocenters. The van der Waals surface area contributed by atoms with Gasteiger partial charge in [-0.25, -0.2) is 0 Å². The number of nitrogens with one attached hydrogen (secondary N) is 4. The topological polar surface area (TPSA) is 241 Å². The fourth-order valence-corrected chi connectivity index (χ4v) is 7.91. The van der Waals surface area contributed by atoms with Gasteiger partial charge < -0.3 is 51.8 Å². The summed E-state index contributed by atoms with van der Waals surface area (Å²) in [6.45, 7) is 3.56. The van der Waals surface area contributed by atoms with Gasteiger partial charge in [-0.3, -0.25) is 28.8 Å². The molecule has 4 bridgehead atoms. The number of rotatable bonds is 13. The van der Waals surface area contributed by atoms with Gasteiger partial charge in [-0.1, -0.05) is 48.0 Å². The van der Waals surface area contributed by atoms with Gasteiger partial charge in [0.1, 0.15) is 48.0 Å². The lowest BCUT2D eigenvalue weighted by molar-refractivity contribution is -0.145. The lowest BCUT2D eigenvalue weighted by atomic mass is 9.93. The van der Waals surface area contributed by atoms with Crippen LogP contribution in [-0.2, 0) is 35.2 Å². The summed E-state index contributed by atoms with van der Waals surface area (Å²) in [7, 11) is 1.38. The Morgan fingerprint density at radius 1 is 0.891 bits per heavy atom. The lowest BCUT2D eigenvalue weighted by Gasteiger charge is -2.39. The Kier molecular flexibility index (Phi) is 15.0. The summed E-state index contributed by atoms with van der Waals surface area (Å²) in [5.74, 6) is -4.47. The maximum atomic E-state index is 14.6. The number of phenolic OH excluding ortho intramolecular Hbond substituents is 2. The summed E-state index contributed by atoms with van der Waals surface area (Å²) in [5, 5.41) is 33.6. The molecule has 6 amide bonds. The number of nitrogens with two attached hydrogens (primary N) is 1. The normalized spacial score (nSPS) is 19.4. The molecule has 1 fully saturated rings. The van der Waals surface area contributed by atoms with Crippen LogP contribution in [0.4, 0.5) is 0 Å². The average Bonchev–Trinajstić information content (AvgIpc) is 3.26. The number of carbonyl (C=O) groups is 7. The Morgan fingerprint density at radius 3 is 2.16 bits per heavy atom. The zero-order valence-electron chi connectivity index (χ0n) is 35.7. The number of halogens is 1. The van der Waals surface area contributed by atoms with Crippen LogP contribution in [0.25, 0.3) is 22.3 Å². The van der Waals surface area contributed by atoms with E-state index >= 15 is 0 Å². The molecule has 0 aliphatic carbocycles. The lowest BCUT2D eigenvalue weighted by Crippen LogP contribution is -2.60. The van der Waals surface area contributed by atoms with Crippen molar-refractivity contribution in [2.45, 2.75) is 82.2 Å². The van der Waals surface area contributed by atoms with Crippen LogP contribution < -0.4 is 27.0 Å². The van der Waals surface area contributed by atoms with Crippen LogP contribution in [-0.4, -0.2) is 112 Å². The highest BCUT2D eigenvalue weighted by Gasteiger charge is 2.38. The predicted molar refractivity (Wildman–Crippen MR) is 239 cm³/mol. The van der Waals surface area contributed by atoms with Gasteiger partial charge >= 0.3 is 0 Å². The number of benzene rings is 4. The molecule has 4 aromatic rings. The van der Waals surface area contributed by atoms with Crippen molar-refractivity contribution in [3.8, 4) is 33.8 Å². The van der Waals surface area contributed by atoms with E-state index in [1.54, 1.807) is 36.4 Å². The Morgan fingerprint density at radius 2 is 1.53 bits per heavy atom. The van der Waals surface area contributed by atoms with Crippen LogP contribution in [0.2, 0.25) is 5.02 Å². The van der Waals surface area contributed by atoms with E-state index in [1.165, 1.54) is 62.2 Å². The van der Waals surface area contributed by atoms with E-state index in [4.69, 9.17) is 17.3 Å². The summed E-state index contributed by atoms with van der Waals surface area (Å²) >= 11 is 6.05. The molecule has 2 aliphatic rings. The molecule has 8 N–H and O–H groups in total. The highest BCUT2D eigenvalue weighted by molar-refractivity contribution is 6.30. The zero-order valence-corrected chi connectivity index (χ0v) is 36.4. The van der Waals surface area contributed by atoms with Crippen LogP contribution in [0.15, 0.2) is 84.9 Å². The van der Waals surface area contributed by atoms with Crippen molar-refractivity contribution >= 4 is 53.3 Å². The minimum Gasteiger partial charge on any atom is -0.507 e. The number of amides is 6. The molecule has 1 saturated heterocycles. The number of carbonyl (C=O) groups excluding carboxylic acids is 7. The minimum absolute atomic E-state index is 0.0963. The number of unbranched alkanes of at least 4 members (excludes halogenated alkanes) is 1. The fraction of sp³-hybridized carbons (Fsp3) is 0.340. The molecule has 16 nitrogen and oxygen atoms in total. The van der Waals surface area contributed by atoms with E-state index in [0.29, 0.717) is 49.2 Å². The third kappa shape index (κ3) is 10.7. The van der Waals surface area contributed by atoms with Crippen LogP contribution in [0.3, 0.4) is 0 Å². The van der Waals surface area contributed by atoms with E-state index in [-0.39, 0.29) is 46.6 Å². The second-order valence-corrected chi connectivity index (χ2v) is 16.6. The second kappa shape index (κ2) is 20.6. The third-order valence-corrected chi connectivity index (χ3v) is 11.9. The quantitative estimate of drug-likeness (QED) is 0.0763. The van der Waals surface area contributed by atoms with Crippen LogP contribution in [0.5, 0.6) is 11.5 Å². The van der Waals surface area contributed by atoms with Crippen LogP contribution in [0, 0.1) is 0 Å². The molecule has 6 rings (SSSR count). The van der Waals surface area contributed by atoms with Gasteiger partial charge in [0.2, 0.25) is 29.5 Å². The molecule has 2 aliphatic heterocycles. The summed E-state index contributed by atoms with van der Waals surface area (Å²) in [6.07, 6.45) is 2.24. The summed E-state index contributed by atoms with van der Waals surface area (Å²) < 4.78 is 0. The van der Waals surface area contributed by atoms with Gasteiger partial charge in [-0.2, -0.15) is 0 Å². The van der Waals surface area contributed by atoms with Crippen molar-refractivity contribution in [2.24, 2.45) is 5.73 Å². The van der Waals surface area contributed by atoms with Gasteiger partial charge in [0.15, 0.2) is 0 Å². The first-order chi connectivity index (χ1) is 30.6. The molecule has 0 radical (unpaired) electrons. The van der Waals surface area contributed by atoms with Crippen molar-refractivity contribution in [1.29, 1.82) is 0 Å². The summed E-state index contributed by atoms with van der Waals surface area (Å²) in [4.78, 5) is 97.3. The Hall–Kier alpha value is -6.78. The van der Waals surface area contributed by atoms with Gasteiger partial charge in [-0.15, -0.1) is 0 Å². The number of hydrogen-bond acceptors (Lipinski definition) is 10. The molecule has 0 saturated carbocycles. The number of hydrogen-bond donors (Lipinski definition) is 7. The first-order valence-corrected chi connectivity index (χ1v) is 21.4. The highest BCUT2D eigenvalue weighted by atomic mass is 35.5. The van der Waals surface area contributed by atoms with E-state index in [2.05, 4.69) is 21.3 Å². The van der Waals surface area contributed by atoms with Gasteiger partial charge in [0.25, 0.3) is 5.91 Å². The first kappa shape index (κ1) is 46.7. The van der Waals surface area contributed by atoms with E-state index < -0.39 is 71.7 Å². The molecule has 6 atom stereocenters. The average molecular weight is 894 g/mol. The van der Waals surface area contributed by atoms with Crippen molar-refractivity contribution in [1.82, 2.24) is 31.1 Å². The van der Waals surface area contributed by atoms with E-state index in [0.717, 1.165) is 16.0 Å². The SMILES string of the molecule is CC1NC(=O)C(N(C)C(=O)C(CCCCN)NC(=O)c2ccc(-c3ccc(Cl)cc3)cc2)c2ccc(O)c(c2)-c2cc(ccc2O)CC(C(=O)NC(C)C(=O)N2CCC2C=O)NC1=O. The molecule has 2 heterocycles. The molecular weight excluding hydrogens is 842 g/mol. The third-order valence-electron chi connectivity index (χ3n) is 11.6. The predicted octanol–water partition coefficient (Wildman–Crippen LogP) is 3.36. The van der Waals surface area contributed by atoms with E-state index in [1.807, 2.05) is 12.1 Å². The largest absolute Gasteiger partial charge is 0.507 e. The van der Waals surface area contributed by atoms with Gasteiger partial charge in [0.05, 0.1) is 6.04 Å². The number of fused-ring (bicyclic) bond motifs is 5. The van der Waals surface area contributed by atoms with Crippen LogP contribution >= 0.6 is 11.6 Å². The monoisotopic (exact) mass is 893 g/mol. The molecule has 0 spiro atoms. The molecule has 336 valence electrons. The molecule has 0 aromatic heterocycles. The molecular formula is C47H52ClN7O9. The smallest absolute Gasteiger partial charge is 0.251 e. The van der Waals surface area contributed by atoms with Crippen molar-refractivity contribution < 1.29 is 43.8 Å². The summed E-state index contributed by atoms with van der Waals surface area (Å²) in [5.41, 5.74) is 8.68. The second-order valence-electron chi connectivity index (χ2n) is 16.1. The van der Waals surface area contributed by atoms with Crippen molar-refractivity contribution in [3.05, 3.63) is 107 Å². The molecule has 64 heavy (non-hydrogen) atoms. The van der Waals surface area contributed by atoms with E-state index in [9.17, 15) is 43.8 Å². The standard InChI is InChI=1S/C47H52ClN7O9/c1-26-42(59)53-38(44(61)51-27(2)46(63)55-21-19-34(55)25-56)23-28-7-17-39(57)35(22-28)36-24-32(14-18-40(36)58)41(45(62)50-26)54(3)47(64)37(6-4-5-20-49)52-43(60)31-10-8-29(9-11-31)30-12-15-33(48)16-13-30/h7-18,22,24-27,34,37-38,41,57-58H,4-6,19-21,23,49H2,1-3H3,(H,50,62)(H,51,61)(H,52,60)(H,53,59). The number of aromatic hydroxyl groups is 2. The number of nitrogens with zero attached hydrogens (tertiary/aromatic N) is 2. The molecule has 4 aromatic carbocycles. The van der Waals surface area contributed by atoms with Crippen molar-refractivity contribution in [3.63, 3.8) is 0 Å². The first-order valence-electron chi connectivity index (χ1n) is 21.1. The number of phenols is 2. The molecule has 17 heteroatoms. The Bertz CT molecular complexity index is 2410.